The second-order valence-electron chi connectivity index (χ2n) is 10.1. The van der Waals surface area contributed by atoms with Crippen molar-refractivity contribution >= 4 is 39.2 Å². The van der Waals surface area contributed by atoms with Crippen LogP contribution < -0.4 is 37.1 Å². The number of urea groups is 1. The Morgan fingerprint density at radius 2 is 1.74 bits per heavy atom. The molecule has 0 bridgehead atoms. The second kappa shape index (κ2) is 13.8. The van der Waals surface area contributed by atoms with Crippen LogP contribution >= 0.6 is 0 Å². The van der Waals surface area contributed by atoms with Gasteiger partial charge in [-0.15, -0.1) is 0 Å². The first-order valence-electron chi connectivity index (χ1n) is 12.9. The predicted molar refractivity (Wildman–Crippen MR) is 158 cm³/mol. The summed E-state index contributed by atoms with van der Waals surface area (Å²) < 4.78 is 40.3. The number of nitrogens with two attached hydrogens (primary N) is 2. The summed E-state index contributed by atoms with van der Waals surface area (Å²) in [7, 11) is -4.12. The number of benzene rings is 1. The standard InChI is InChI=1S/C27H35N7O7S/c1-27(2,3)41-24(36)22(33-42(38,39)20-8-5-4-6-9-20)16-31-26(37)32-21-13-11-18-10-12-19(17-34(18)23(21)35)40-15-7-14-30-25(28)29/h4-6,8-13,17,22,33H,7,14-16H2,1-3H3,(H4,28,29,30)(H2,31,32,37). The van der Waals surface area contributed by atoms with Crippen molar-refractivity contribution in [3.05, 3.63) is 71.1 Å². The number of nitrogens with zero attached hydrogens (tertiary/aromatic N) is 2. The van der Waals surface area contributed by atoms with Crippen molar-refractivity contribution < 1.29 is 27.5 Å². The van der Waals surface area contributed by atoms with Gasteiger partial charge >= 0.3 is 12.0 Å². The minimum Gasteiger partial charge on any atom is -0.492 e. The molecule has 0 aliphatic carbocycles. The summed E-state index contributed by atoms with van der Waals surface area (Å²) in [4.78, 5) is 42.4. The van der Waals surface area contributed by atoms with Crippen LogP contribution in [-0.2, 0) is 19.6 Å². The zero-order valence-corrected chi connectivity index (χ0v) is 24.3. The average molecular weight is 602 g/mol. The molecule has 0 aliphatic rings. The van der Waals surface area contributed by atoms with Gasteiger partial charge in [-0.1, -0.05) is 18.2 Å². The van der Waals surface area contributed by atoms with Crippen LogP contribution in [0.5, 0.6) is 5.75 Å². The monoisotopic (exact) mass is 601 g/mol. The molecule has 0 saturated heterocycles. The van der Waals surface area contributed by atoms with E-state index >= 15 is 0 Å². The number of fused-ring (bicyclic) bond motifs is 1. The highest BCUT2D eigenvalue weighted by Crippen LogP contribution is 2.15. The Morgan fingerprint density at radius 1 is 1.05 bits per heavy atom. The van der Waals surface area contributed by atoms with Crippen LogP contribution in [0.4, 0.5) is 10.5 Å². The molecule has 1 atom stereocenters. The topological polar surface area (TPSA) is 209 Å². The normalized spacial score (nSPS) is 12.3. The van der Waals surface area contributed by atoms with Gasteiger partial charge in [0.25, 0.3) is 5.56 Å². The van der Waals surface area contributed by atoms with E-state index in [1.165, 1.54) is 40.9 Å². The smallest absolute Gasteiger partial charge is 0.326 e. The zero-order valence-electron chi connectivity index (χ0n) is 23.5. The maximum absolute atomic E-state index is 13.1. The number of guanidine groups is 1. The molecule has 3 rings (SSSR count). The lowest BCUT2D eigenvalue weighted by Crippen LogP contribution is -2.51. The van der Waals surface area contributed by atoms with Crippen molar-refractivity contribution in [2.75, 3.05) is 25.0 Å². The van der Waals surface area contributed by atoms with Gasteiger partial charge in [0.1, 0.15) is 23.1 Å². The lowest BCUT2D eigenvalue weighted by Gasteiger charge is -2.24. The van der Waals surface area contributed by atoms with Gasteiger partial charge < -0.3 is 31.6 Å². The number of hydrogen-bond acceptors (Lipinski definition) is 8. The number of hydrogen-bond donors (Lipinski definition) is 5. The molecule has 14 nitrogen and oxygen atoms in total. The molecule has 1 unspecified atom stereocenters. The summed E-state index contributed by atoms with van der Waals surface area (Å²) in [6, 6.07) is 11.6. The van der Waals surface area contributed by atoms with E-state index in [0.29, 0.717) is 30.8 Å². The highest BCUT2D eigenvalue weighted by atomic mass is 32.2. The van der Waals surface area contributed by atoms with Gasteiger partial charge in [-0.05, 0) is 57.2 Å². The fourth-order valence-electron chi connectivity index (χ4n) is 3.58. The maximum atomic E-state index is 13.1. The number of aromatic nitrogens is 1. The lowest BCUT2D eigenvalue weighted by atomic mass is 10.2. The first kappa shape index (κ1) is 31.9. The Balaban J connectivity index is 1.70. The Kier molecular flexibility index (Phi) is 10.5. The third-order valence-electron chi connectivity index (χ3n) is 5.45. The van der Waals surface area contributed by atoms with Crippen molar-refractivity contribution in [3.8, 4) is 5.75 Å². The number of nitrogens with one attached hydrogen (secondary N) is 3. The number of ether oxygens (including phenoxy) is 2. The van der Waals surface area contributed by atoms with E-state index in [9.17, 15) is 22.8 Å². The Hall–Kier alpha value is -4.63. The summed E-state index contributed by atoms with van der Waals surface area (Å²) >= 11 is 0. The highest BCUT2D eigenvalue weighted by molar-refractivity contribution is 7.89. The van der Waals surface area contributed by atoms with Crippen molar-refractivity contribution in [2.45, 2.75) is 43.7 Å². The molecule has 1 aromatic carbocycles. The van der Waals surface area contributed by atoms with Crippen LogP contribution in [0.1, 0.15) is 27.2 Å². The summed E-state index contributed by atoms with van der Waals surface area (Å²) in [6.07, 6.45) is 2.04. The van der Waals surface area contributed by atoms with Crippen LogP contribution in [-0.4, -0.2) is 62.1 Å². The summed E-state index contributed by atoms with van der Waals surface area (Å²) in [5.41, 5.74) is 9.63. The number of anilines is 1. The van der Waals surface area contributed by atoms with E-state index in [4.69, 9.17) is 20.9 Å². The van der Waals surface area contributed by atoms with E-state index < -0.39 is 45.8 Å². The molecule has 15 heteroatoms. The molecule has 3 aromatic rings. The second-order valence-corrected chi connectivity index (χ2v) is 11.8. The first-order chi connectivity index (χ1) is 19.7. The summed E-state index contributed by atoms with van der Waals surface area (Å²) in [6.45, 7) is 5.13. The summed E-state index contributed by atoms with van der Waals surface area (Å²) in [5, 5.41) is 4.86. The minimum absolute atomic E-state index is 0.00911. The van der Waals surface area contributed by atoms with E-state index in [0.717, 1.165) is 0 Å². The molecule has 2 aromatic heterocycles. The number of sulfonamides is 1. The van der Waals surface area contributed by atoms with Crippen LogP contribution in [0.25, 0.3) is 5.52 Å². The quantitative estimate of drug-likeness (QED) is 0.0871. The number of aliphatic imine (C=N–C) groups is 1. The molecule has 226 valence electrons. The van der Waals surface area contributed by atoms with E-state index in [1.807, 2.05) is 0 Å². The first-order valence-corrected chi connectivity index (χ1v) is 14.4. The molecule has 0 radical (unpaired) electrons. The van der Waals surface area contributed by atoms with Crippen molar-refractivity contribution in [1.82, 2.24) is 14.4 Å². The van der Waals surface area contributed by atoms with Crippen molar-refractivity contribution in [3.63, 3.8) is 0 Å². The summed E-state index contributed by atoms with van der Waals surface area (Å²) in [5.74, 6) is -0.481. The van der Waals surface area contributed by atoms with Gasteiger partial charge in [-0.3, -0.25) is 19.0 Å². The number of carbonyl (C=O) groups excluding carboxylic acids is 2. The highest BCUT2D eigenvalue weighted by Gasteiger charge is 2.30. The molecule has 7 N–H and O–H groups in total. The third kappa shape index (κ3) is 9.49. The SMILES string of the molecule is CC(C)(C)OC(=O)C(CNC(=O)Nc1ccc2ccc(OCCCN=C(N)N)cn2c1=O)NS(=O)(=O)c1ccccc1. The fraction of sp³-hybridized carbons (Fsp3) is 0.333. The minimum atomic E-state index is -4.12. The van der Waals surface area contributed by atoms with Gasteiger partial charge in [0.15, 0.2) is 5.96 Å². The number of pyridine rings is 2. The van der Waals surface area contributed by atoms with Crippen molar-refractivity contribution in [2.24, 2.45) is 16.5 Å². The molecular weight excluding hydrogens is 566 g/mol. The maximum Gasteiger partial charge on any atom is 0.326 e. The Morgan fingerprint density at radius 3 is 2.40 bits per heavy atom. The van der Waals surface area contributed by atoms with Crippen LogP contribution in [0.15, 0.2) is 75.5 Å². The van der Waals surface area contributed by atoms with E-state index in [-0.39, 0.29) is 16.5 Å². The van der Waals surface area contributed by atoms with Crippen molar-refractivity contribution in [1.29, 1.82) is 0 Å². The Bertz CT molecular complexity index is 1600. The van der Waals surface area contributed by atoms with Gasteiger partial charge in [0.05, 0.1) is 17.7 Å². The lowest BCUT2D eigenvalue weighted by molar-refractivity contribution is -0.156. The largest absolute Gasteiger partial charge is 0.492 e. The van der Waals surface area contributed by atoms with Gasteiger partial charge in [0, 0.05) is 25.0 Å². The predicted octanol–water partition coefficient (Wildman–Crippen LogP) is 1.15. The Labute approximate surface area is 243 Å². The molecular formula is C27H35N7O7S. The molecule has 0 aliphatic heterocycles. The number of carbonyl (C=O) groups is 2. The zero-order chi connectivity index (χ0) is 30.9. The number of rotatable bonds is 12. The third-order valence-corrected chi connectivity index (χ3v) is 6.93. The molecule has 2 amide bonds. The molecule has 0 saturated carbocycles. The molecule has 0 spiro atoms. The van der Waals surface area contributed by atoms with E-state index in [2.05, 4.69) is 20.3 Å². The number of esters is 1. The molecule has 42 heavy (non-hydrogen) atoms. The van der Waals surface area contributed by atoms with Crippen LogP contribution in [0, 0.1) is 0 Å². The fourth-order valence-corrected chi connectivity index (χ4v) is 4.79. The van der Waals surface area contributed by atoms with Gasteiger partial charge in [-0.2, -0.15) is 4.72 Å². The molecule has 0 fully saturated rings. The van der Waals surface area contributed by atoms with Crippen LogP contribution in [0.2, 0.25) is 0 Å². The van der Waals surface area contributed by atoms with Gasteiger partial charge in [0.2, 0.25) is 10.0 Å². The van der Waals surface area contributed by atoms with Gasteiger partial charge in [-0.25, -0.2) is 13.2 Å². The van der Waals surface area contributed by atoms with Crippen LogP contribution in [0.3, 0.4) is 0 Å². The van der Waals surface area contributed by atoms with E-state index in [1.54, 1.807) is 45.0 Å². The average Bonchev–Trinajstić information content (AvgIpc) is 2.92. The molecule has 2 heterocycles. The number of amides is 2.